The highest BCUT2D eigenvalue weighted by Crippen LogP contribution is 2.34. The second-order valence-corrected chi connectivity index (χ2v) is 5.81. The third kappa shape index (κ3) is 2.79. The fraction of sp³-hybridized carbons (Fsp3) is 0.294. The van der Waals surface area contributed by atoms with Crippen molar-refractivity contribution in [2.75, 3.05) is 6.54 Å². The van der Waals surface area contributed by atoms with Gasteiger partial charge >= 0.3 is 0 Å². The Bertz CT molecular complexity index is 671. The van der Waals surface area contributed by atoms with Crippen molar-refractivity contribution >= 4 is 17.5 Å². The Morgan fingerprint density at radius 1 is 1.33 bits per heavy atom. The summed E-state index contributed by atoms with van der Waals surface area (Å²) in [5.41, 5.74) is 2.87. The minimum absolute atomic E-state index is 0.0387. The molecule has 2 aromatic rings. The molecule has 3 rings (SSSR count). The number of rotatable bonds is 2. The average molecular weight is 301 g/mol. The maximum Gasteiger partial charge on any atom is 0.273 e. The van der Waals surface area contributed by atoms with Gasteiger partial charge in [-0.1, -0.05) is 35.9 Å². The van der Waals surface area contributed by atoms with Gasteiger partial charge in [0.2, 0.25) is 0 Å². The molecular weight excluding hydrogens is 284 g/mol. The minimum Gasteiger partial charge on any atom is -0.330 e. The van der Waals surface area contributed by atoms with Crippen LogP contribution >= 0.6 is 11.6 Å². The van der Waals surface area contributed by atoms with Crippen LogP contribution in [0.2, 0.25) is 5.02 Å². The molecular formula is C17H17ClN2O. The molecule has 0 spiro atoms. The highest BCUT2D eigenvalue weighted by atomic mass is 35.5. The van der Waals surface area contributed by atoms with Gasteiger partial charge in [-0.05, 0) is 43.0 Å². The number of amides is 1. The first-order chi connectivity index (χ1) is 10.2. The van der Waals surface area contributed by atoms with Crippen LogP contribution in [-0.4, -0.2) is 22.3 Å². The first-order valence-electron chi connectivity index (χ1n) is 7.15. The molecule has 1 aliphatic rings. The van der Waals surface area contributed by atoms with E-state index in [1.54, 1.807) is 18.3 Å². The van der Waals surface area contributed by atoms with Gasteiger partial charge in [0.25, 0.3) is 5.91 Å². The van der Waals surface area contributed by atoms with Gasteiger partial charge in [-0.25, -0.2) is 0 Å². The number of likely N-dealkylation sites (tertiary alicyclic amines) is 1. The lowest BCUT2D eigenvalue weighted by molar-refractivity contribution is 0.0729. The molecule has 0 aliphatic carbocycles. The largest absolute Gasteiger partial charge is 0.330 e. The summed E-state index contributed by atoms with van der Waals surface area (Å²) in [5, 5.41) is 0.542. The lowest BCUT2D eigenvalue weighted by Crippen LogP contribution is -2.31. The number of carbonyl (C=O) groups excluding carboxylic acids is 1. The molecule has 2 heterocycles. The molecule has 1 aromatic heterocycles. The molecule has 21 heavy (non-hydrogen) atoms. The lowest BCUT2D eigenvalue weighted by atomic mass is 9.99. The summed E-state index contributed by atoms with van der Waals surface area (Å²) >= 11 is 5.96. The molecule has 1 aromatic carbocycles. The van der Waals surface area contributed by atoms with Crippen molar-refractivity contribution in [3.05, 3.63) is 64.4 Å². The number of aryl methyl sites for hydroxylation is 1. The van der Waals surface area contributed by atoms with Crippen LogP contribution in [-0.2, 0) is 0 Å². The topological polar surface area (TPSA) is 33.2 Å². The molecule has 1 atom stereocenters. The summed E-state index contributed by atoms with van der Waals surface area (Å²) in [6, 6.07) is 11.7. The number of nitrogens with zero attached hydrogens (tertiary/aromatic N) is 2. The van der Waals surface area contributed by atoms with Crippen molar-refractivity contribution in [3.63, 3.8) is 0 Å². The van der Waals surface area contributed by atoms with E-state index < -0.39 is 0 Å². The third-order valence-corrected chi connectivity index (χ3v) is 4.24. The molecule has 1 saturated heterocycles. The maximum atomic E-state index is 12.7. The van der Waals surface area contributed by atoms with E-state index in [9.17, 15) is 4.79 Å². The van der Waals surface area contributed by atoms with Crippen LogP contribution in [0, 0.1) is 6.92 Å². The van der Waals surface area contributed by atoms with Gasteiger partial charge in [0, 0.05) is 17.8 Å². The molecule has 0 N–H and O–H groups in total. The van der Waals surface area contributed by atoms with Crippen LogP contribution in [0.4, 0.5) is 0 Å². The molecule has 1 amide bonds. The summed E-state index contributed by atoms with van der Waals surface area (Å²) in [6.45, 7) is 2.86. The zero-order chi connectivity index (χ0) is 14.8. The van der Waals surface area contributed by atoms with Gasteiger partial charge in [-0.3, -0.25) is 9.78 Å². The van der Waals surface area contributed by atoms with Crippen molar-refractivity contribution in [1.29, 1.82) is 0 Å². The summed E-state index contributed by atoms with van der Waals surface area (Å²) in [4.78, 5) is 18.8. The Labute approximate surface area is 129 Å². The van der Waals surface area contributed by atoms with E-state index >= 15 is 0 Å². The van der Waals surface area contributed by atoms with Crippen LogP contribution in [0.15, 0.2) is 42.6 Å². The summed E-state index contributed by atoms with van der Waals surface area (Å²) < 4.78 is 0. The van der Waals surface area contributed by atoms with Crippen molar-refractivity contribution in [1.82, 2.24) is 9.88 Å². The number of halogens is 1. The number of pyridine rings is 1. The maximum absolute atomic E-state index is 12.7. The van der Waals surface area contributed by atoms with E-state index in [-0.39, 0.29) is 11.9 Å². The monoisotopic (exact) mass is 300 g/mol. The molecule has 0 saturated carbocycles. The first-order valence-corrected chi connectivity index (χ1v) is 7.52. The molecule has 1 aliphatic heterocycles. The zero-order valence-electron chi connectivity index (χ0n) is 11.9. The van der Waals surface area contributed by atoms with E-state index in [1.807, 2.05) is 17.0 Å². The van der Waals surface area contributed by atoms with Crippen LogP contribution in [0.5, 0.6) is 0 Å². The average Bonchev–Trinajstić information content (AvgIpc) is 2.96. The van der Waals surface area contributed by atoms with Crippen molar-refractivity contribution in [2.24, 2.45) is 0 Å². The fourth-order valence-electron chi connectivity index (χ4n) is 2.96. The van der Waals surface area contributed by atoms with E-state index in [0.29, 0.717) is 10.7 Å². The lowest BCUT2D eigenvalue weighted by Gasteiger charge is -2.26. The van der Waals surface area contributed by atoms with Crippen LogP contribution in [0.1, 0.15) is 40.5 Å². The number of hydrogen-bond acceptors (Lipinski definition) is 2. The van der Waals surface area contributed by atoms with E-state index in [2.05, 4.69) is 24.0 Å². The zero-order valence-corrected chi connectivity index (χ0v) is 12.7. The van der Waals surface area contributed by atoms with Crippen molar-refractivity contribution < 1.29 is 4.79 Å². The van der Waals surface area contributed by atoms with Gasteiger partial charge in [-0.2, -0.15) is 0 Å². The van der Waals surface area contributed by atoms with E-state index in [4.69, 9.17) is 11.6 Å². The summed E-state index contributed by atoms with van der Waals surface area (Å²) in [7, 11) is 0. The van der Waals surface area contributed by atoms with Crippen LogP contribution < -0.4 is 0 Å². The van der Waals surface area contributed by atoms with Gasteiger partial charge in [0.15, 0.2) is 0 Å². The Balaban J connectivity index is 1.91. The van der Waals surface area contributed by atoms with Crippen molar-refractivity contribution in [3.8, 4) is 0 Å². The third-order valence-electron chi connectivity index (χ3n) is 4.00. The number of hydrogen-bond donors (Lipinski definition) is 0. The predicted molar refractivity (Wildman–Crippen MR) is 83.4 cm³/mol. The van der Waals surface area contributed by atoms with Gasteiger partial charge in [-0.15, -0.1) is 0 Å². The molecule has 0 bridgehead atoms. The minimum atomic E-state index is -0.0387. The summed E-state index contributed by atoms with van der Waals surface area (Å²) in [6.07, 6.45) is 3.59. The molecule has 108 valence electrons. The van der Waals surface area contributed by atoms with E-state index in [1.165, 1.54) is 11.1 Å². The highest BCUT2D eigenvalue weighted by Gasteiger charge is 2.31. The van der Waals surface area contributed by atoms with Gasteiger partial charge in [0.05, 0.1) is 6.04 Å². The SMILES string of the molecule is Cc1ccccc1C1CCCN1C(=O)c1cc(Cl)ccn1. The van der Waals surface area contributed by atoms with Crippen molar-refractivity contribution in [2.45, 2.75) is 25.8 Å². The molecule has 0 radical (unpaired) electrons. The normalized spacial score (nSPS) is 18.0. The Morgan fingerprint density at radius 2 is 2.14 bits per heavy atom. The van der Waals surface area contributed by atoms with Gasteiger partial charge in [0.1, 0.15) is 5.69 Å². The fourth-order valence-corrected chi connectivity index (χ4v) is 3.12. The standard InChI is InChI=1S/C17H17ClN2O/c1-12-5-2-3-6-14(12)16-7-4-10-20(16)17(21)15-11-13(18)8-9-19-15/h2-3,5-6,8-9,11,16H,4,7,10H2,1H3. The quantitative estimate of drug-likeness (QED) is 0.839. The predicted octanol–water partition coefficient (Wildman–Crippen LogP) is 4.02. The molecule has 1 unspecified atom stereocenters. The highest BCUT2D eigenvalue weighted by molar-refractivity contribution is 6.30. The second kappa shape index (κ2) is 5.86. The second-order valence-electron chi connectivity index (χ2n) is 5.37. The first kappa shape index (κ1) is 14.1. The Kier molecular flexibility index (Phi) is 3.93. The smallest absolute Gasteiger partial charge is 0.273 e. The molecule has 4 heteroatoms. The van der Waals surface area contributed by atoms with Crippen LogP contribution in [0.25, 0.3) is 0 Å². The molecule has 3 nitrogen and oxygen atoms in total. The Hall–Kier alpha value is -1.87. The van der Waals surface area contributed by atoms with Crippen LogP contribution in [0.3, 0.4) is 0 Å². The number of benzene rings is 1. The number of aromatic nitrogens is 1. The van der Waals surface area contributed by atoms with E-state index in [0.717, 1.165) is 19.4 Å². The van der Waals surface area contributed by atoms with Gasteiger partial charge < -0.3 is 4.90 Å². The number of carbonyl (C=O) groups is 1. The Morgan fingerprint density at radius 3 is 2.90 bits per heavy atom. The molecule has 1 fully saturated rings. The summed E-state index contributed by atoms with van der Waals surface area (Å²) in [5.74, 6) is -0.0387.